The fourth-order valence-electron chi connectivity index (χ4n) is 4.90. The minimum atomic E-state index is -3.05. The van der Waals surface area contributed by atoms with Gasteiger partial charge in [0.15, 0.2) is 9.84 Å². The fourth-order valence-corrected chi connectivity index (χ4v) is 6.58. The molecule has 9 nitrogen and oxygen atoms in total. The quantitative estimate of drug-likeness (QED) is 0.656. The van der Waals surface area contributed by atoms with E-state index < -0.39 is 15.9 Å². The molecule has 182 valence electrons. The van der Waals surface area contributed by atoms with E-state index in [9.17, 15) is 18.0 Å². The van der Waals surface area contributed by atoms with E-state index in [1.165, 1.54) is 6.92 Å². The zero-order chi connectivity index (χ0) is 24.0. The van der Waals surface area contributed by atoms with E-state index >= 15 is 0 Å². The van der Waals surface area contributed by atoms with Crippen LogP contribution in [0.3, 0.4) is 0 Å². The average Bonchev–Trinajstić information content (AvgIpc) is 3.49. The first-order chi connectivity index (χ1) is 16.2. The predicted molar refractivity (Wildman–Crippen MR) is 129 cm³/mol. The number of hydrogen-bond donors (Lipinski definition) is 0. The zero-order valence-corrected chi connectivity index (χ0v) is 20.3. The molecule has 3 aliphatic rings. The number of fused-ring (bicyclic) bond motifs is 1. The lowest BCUT2D eigenvalue weighted by Gasteiger charge is -2.40. The van der Waals surface area contributed by atoms with Crippen LogP contribution in [0.1, 0.15) is 45.6 Å². The summed E-state index contributed by atoms with van der Waals surface area (Å²) in [5.41, 5.74) is 2.95. The Morgan fingerprint density at radius 1 is 1.15 bits per heavy atom. The maximum Gasteiger partial charge on any atom is 0.414 e. The number of hydrogen-bond acceptors (Lipinski definition) is 6. The van der Waals surface area contributed by atoms with Crippen LogP contribution >= 0.6 is 0 Å². The molecule has 34 heavy (non-hydrogen) atoms. The standard InChI is InChI=1S/C24H30N4O5S/c1-16-12-26(24(30)33-14-18-5-6-18)23-10-19(7-8-22(23)28(16)17(2)29)20-11-25-27(13-20)21-4-3-9-34(31,32)15-21/h7-8,10-11,13,16,18,21H,3-6,9,12,14-15H2,1-2H3/t16-,21?/m0/s1. The third-order valence-electron chi connectivity index (χ3n) is 6.86. The van der Waals surface area contributed by atoms with Crippen LogP contribution < -0.4 is 9.80 Å². The minimum Gasteiger partial charge on any atom is -0.449 e. The number of carbonyl (C=O) groups is 2. The molecule has 0 bridgehead atoms. The smallest absolute Gasteiger partial charge is 0.414 e. The number of benzene rings is 1. The highest BCUT2D eigenvalue weighted by atomic mass is 32.2. The van der Waals surface area contributed by atoms with E-state index in [-0.39, 0.29) is 29.5 Å². The first-order valence-corrected chi connectivity index (χ1v) is 13.7. The molecule has 0 radical (unpaired) electrons. The van der Waals surface area contributed by atoms with Gasteiger partial charge in [-0.2, -0.15) is 5.10 Å². The molecular formula is C24H30N4O5S. The van der Waals surface area contributed by atoms with Gasteiger partial charge < -0.3 is 9.64 Å². The number of sulfone groups is 1. The van der Waals surface area contributed by atoms with Crippen LogP contribution in [0.15, 0.2) is 30.6 Å². The summed E-state index contributed by atoms with van der Waals surface area (Å²) in [6.45, 7) is 4.21. The maximum absolute atomic E-state index is 13.0. The second-order valence-electron chi connectivity index (χ2n) is 9.69. The molecule has 2 fully saturated rings. The molecule has 1 aliphatic carbocycles. The Labute approximate surface area is 199 Å². The van der Waals surface area contributed by atoms with Crippen molar-refractivity contribution in [2.45, 2.75) is 51.6 Å². The molecule has 0 spiro atoms. The molecule has 2 atom stereocenters. The molecule has 2 amide bonds. The lowest BCUT2D eigenvalue weighted by atomic mass is 10.0. The summed E-state index contributed by atoms with van der Waals surface area (Å²) in [5, 5.41) is 4.44. The third kappa shape index (κ3) is 4.55. The van der Waals surface area contributed by atoms with Gasteiger partial charge in [-0.25, -0.2) is 13.2 Å². The normalized spacial score (nSPS) is 23.9. The second kappa shape index (κ2) is 8.72. The van der Waals surface area contributed by atoms with Gasteiger partial charge in [0.05, 0.1) is 47.8 Å². The Kier molecular flexibility index (Phi) is 5.87. The summed E-state index contributed by atoms with van der Waals surface area (Å²) in [4.78, 5) is 28.7. The van der Waals surface area contributed by atoms with Crippen molar-refractivity contribution in [3.8, 4) is 11.1 Å². The Bertz CT molecular complexity index is 1220. The number of amides is 2. The first-order valence-electron chi connectivity index (χ1n) is 11.8. The first kappa shape index (κ1) is 22.9. The van der Waals surface area contributed by atoms with Gasteiger partial charge in [-0.15, -0.1) is 0 Å². The van der Waals surface area contributed by atoms with Gasteiger partial charge >= 0.3 is 6.09 Å². The number of anilines is 2. The van der Waals surface area contributed by atoms with Crippen molar-refractivity contribution in [3.63, 3.8) is 0 Å². The van der Waals surface area contributed by atoms with Gasteiger partial charge in [-0.1, -0.05) is 6.07 Å². The molecule has 0 N–H and O–H groups in total. The molecule has 10 heteroatoms. The van der Waals surface area contributed by atoms with Crippen molar-refractivity contribution in [1.82, 2.24) is 9.78 Å². The van der Waals surface area contributed by atoms with Gasteiger partial charge in [0.25, 0.3) is 0 Å². The van der Waals surface area contributed by atoms with Crippen LogP contribution in [0.5, 0.6) is 0 Å². The van der Waals surface area contributed by atoms with Crippen LogP contribution in [0.25, 0.3) is 11.1 Å². The minimum absolute atomic E-state index is 0.0844. The van der Waals surface area contributed by atoms with E-state index in [4.69, 9.17) is 4.74 Å². The highest BCUT2D eigenvalue weighted by Gasteiger charge is 2.35. The van der Waals surface area contributed by atoms with Crippen LogP contribution in [-0.4, -0.2) is 60.9 Å². The zero-order valence-electron chi connectivity index (χ0n) is 19.5. The largest absolute Gasteiger partial charge is 0.449 e. The van der Waals surface area contributed by atoms with Crippen molar-refractivity contribution in [1.29, 1.82) is 0 Å². The monoisotopic (exact) mass is 486 g/mol. The summed E-state index contributed by atoms with van der Waals surface area (Å²) < 4.78 is 31.4. The molecule has 1 saturated heterocycles. The van der Waals surface area contributed by atoms with E-state index in [0.29, 0.717) is 36.9 Å². The van der Waals surface area contributed by atoms with Crippen molar-refractivity contribution in [2.75, 3.05) is 34.5 Å². The Morgan fingerprint density at radius 2 is 1.94 bits per heavy atom. The summed E-state index contributed by atoms with van der Waals surface area (Å²) in [7, 11) is -3.05. The number of aromatic nitrogens is 2. The molecule has 1 aromatic carbocycles. The van der Waals surface area contributed by atoms with Crippen LogP contribution in [0.2, 0.25) is 0 Å². The van der Waals surface area contributed by atoms with Gasteiger partial charge in [0.2, 0.25) is 5.91 Å². The molecular weight excluding hydrogens is 456 g/mol. The van der Waals surface area contributed by atoms with Crippen LogP contribution in [0, 0.1) is 5.92 Å². The van der Waals surface area contributed by atoms with Crippen molar-refractivity contribution in [2.24, 2.45) is 5.92 Å². The third-order valence-corrected chi connectivity index (χ3v) is 8.66. The van der Waals surface area contributed by atoms with Crippen LogP contribution in [0.4, 0.5) is 16.2 Å². The number of nitrogens with zero attached hydrogens (tertiary/aromatic N) is 4. The summed E-state index contributed by atoms with van der Waals surface area (Å²) in [6, 6.07) is 5.28. The molecule has 5 rings (SSSR count). The summed E-state index contributed by atoms with van der Waals surface area (Å²) in [5.74, 6) is 0.712. The van der Waals surface area contributed by atoms with Crippen molar-refractivity contribution < 1.29 is 22.7 Å². The van der Waals surface area contributed by atoms with E-state index in [1.807, 2.05) is 31.3 Å². The molecule has 2 aromatic rings. The highest BCUT2D eigenvalue weighted by molar-refractivity contribution is 7.91. The van der Waals surface area contributed by atoms with Gasteiger partial charge in [0, 0.05) is 25.2 Å². The molecule has 1 unspecified atom stereocenters. The molecule has 3 heterocycles. The molecule has 1 aromatic heterocycles. The fraction of sp³-hybridized carbons (Fsp3) is 0.542. The number of ether oxygens (including phenoxy) is 1. The maximum atomic E-state index is 13.0. The topological polar surface area (TPSA) is 102 Å². The molecule has 2 aliphatic heterocycles. The second-order valence-corrected chi connectivity index (χ2v) is 11.9. The van der Waals surface area contributed by atoms with E-state index in [0.717, 1.165) is 30.4 Å². The lowest BCUT2D eigenvalue weighted by Crippen LogP contribution is -2.51. The Balaban J connectivity index is 1.46. The Morgan fingerprint density at radius 3 is 2.65 bits per heavy atom. The van der Waals surface area contributed by atoms with Gasteiger partial charge in [0.1, 0.15) is 0 Å². The lowest BCUT2D eigenvalue weighted by molar-refractivity contribution is -0.117. The van der Waals surface area contributed by atoms with E-state index in [1.54, 1.807) is 20.7 Å². The molecule has 1 saturated carbocycles. The van der Waals surface area contributed by atoms with Gasteiger partial charge in [-0.05, 0) is 56.2 Å². The van der Waals surface area contributed by atoms with Crippen molar-refractivity contribution >= 4 is 33.2 Å². The SMILES string of the molecule is CC(=O)N1c2ccc(-c3cnn(C4CCCS(=O)(=O)C4)c3)cc2N(C(=O)OCC2CC2)C[C@@H]1C. The number of rotatable bonds is 4. The van der Waals surface area contributed by atoms with Gasteiger partial charge in [-0.3, -0.25) is 14.4 Å². The van der Waals surface area contributed by atoms with E-state index in [2.05, 4.69) is 5.10 Å². The summed E-state index contributed by atoms with van der Waals surface area (Å²) >= 11 is 0. The van der Waals surface area contributed by atoms with Crippen molar-refractivity contribution in [3.05, 3.63) is 30.6 Å². The summed E-state index contributed by atoms with van der Waals surface area (Å²) in [6.07, 6.45) is 6.77. The predicted octanol–water partition coefficient (Wildman–Crippen LogP) is 3.41. The Hall–Kier alpha value is -2.88. The van der Waals surface area contributed by atoms with Crippen LogP contribution in [-0.2, 0) is 19.4 Å². The highest BCUT2D eigenvalue weighted by Crippen LogP contribution is 2.40. The average molecular weight is 487 g/mol. The number of carbonyl (C=O) groups excluding carboxylic acids is 2.